The molecule has 0 aliphatic carbocycles. The van der Waals surface area contributed by atoms with Gasteiger partial charge in [0.1, 0.15) is 5.82 Å². The van der Waals surface area contributed by atoms with Crippen LogP contribution in [0.25, 0.3) is 10.9 Å². The number of piperazine rings is 1. The number of aryl methyl sites for hydroxylation is 1. The van der Waals surface area contributed by atoms with Gasteiger partial charge in [-0.15, -0.1) is 0 Å². The Morgan fingerprint density at radius 3 is 2.62 bits per heavy atom. The molecule has 4 heteroatoms. The fourth-order valence-corrected chi connectivity index (χ4v) is 3.57. The first-order chi connectivity index (χ1) is 11.9. The van der Waals surface area contributed by atoms with E-state index in [9.17, 15) is 0 Å². The third kappa shape index (κ3) is 3.29. The molecule has 0 atom stereocenters. The highest BCUT2D eigenvalue weighted by molar-refractivity contribution is 5.82. The fraction of sp³-hybridized carbons (Fsp3) is 0.350. The van der Waals surface area contributed by atoms with Crippen molar-refractivity contribution >= 4 is 16.7 Å². The lowest BCUT2D eigenvalue weighted by atomic mass is 10.1. The summed E-state index contributed by atoms with van der Waals surface area (Å²) in [5.41, 5.74) is 2.69. The number of pyridine rings is 1. The minimum atomic E-state index is 1.07. The lowest BCUT2D eigenvalue weighted by Gasteiger charge is -2.35. The average molecular weight is 320 g/mol. The summed E-state index contributed by atoms with van der Waals surface area (Å²) < 4.78 is 0. The van der Waals surface area contributed by atoms with Crippen molar-refractivity contribution in [2.45, 2.75) is 12.8 Å². The fourth-order valence-electron chi connectivity index (χ4n) is 3.57. The average Bonchev–Trinajstić information content (AvgIpc) is 3.06. The van der Waals surface area contributed by atoms with Crippen molar-refractivity contribution in [2.75, 3.05) is 37.6 Å². The quantitative estimate of drug-likeness (QED) is 0.783. The van der Waals surface area contributed by atoms with Crippen LogP contribution in [0.2, 0.25) is 0 Å². The van der Waals surface area contributed by atoms with Crippen LogP contribution >= 0.6 is 0 Å². The molecule has 0 unspecified atom stereocenters. The van der Waals surface area contributed by atoms with E-state index < -0.39 is 0 Å². The van der Waals surface area contributed by atoms with Crippen LogP contribution in [-0.2, 0) is 6.42 Å². The lowest BCUT2D eigenvalue weighted by molar-refractivity contribution is 0.254. The van der Waals surface area contributed by atoms with Crippen LogP contribution in [-0.4, -0.2) is 47.6 Å². The lowest BCUT2D eigenvalue weighted by Crippen LogP contribution is -2.46. The van der Waals surface area contributed by atoms with Gasteiger partial charge < -0.3 is 9.88 Å². The number of aromatic amines is 1. The molecular formula is C20H24N4. The summed E-state index contributed by atoms with van der Waals surface area (Å²) >= 11 is 0. The Balaban J connectivity index is 1.26. The van der Waals surface area contributed by atoms with Crippen LogP contribution in [0.1, 0.15) is 12.0 Å². The normalized spacial score (nSPS) is 15.9. The number of aromatic nitrogens is 2. The molecule has 1 aliphatic heterocycles. The highest BCUT2D eigenvalue weighted by Gasteiger charge is 2.17. The standard InChI is InChI=1S/C20H24N4/c1-2-8-19-18(7-1)17(16-22-19)6-5-11-23-12-14-24(15-13-23)20-9-3-4-10-21-20/h1-4,7-10,16,22H,5-6,11-15H2. The number of H-pyrrole nitrogens is 1. The molecule has 0 amide bonds. The maximum absolute atomic E-state index is 4.46. The molecule has 0 bridgehead atoms. The van der Waals surface area contributed by atoms with Gasteiger partial charge in [-0.3, -0.25) is 4.90 Å². The predicted octanol–water partition coefficient (Wildman–Crippen LogP) is 3.32. The molecule has 1 aromatic carbocycles. The molecule has 0 spiro atoms. The number of benzene rings is 1. The summed E-state index contributed by atoms with van der Waals surface area (Å²) in [6.07, 6.45) is 6.41. The number of para-hydroxylation sites is 1. The third-order valence-electron chi connectivity index (χ3n) is 4.94. The van der Waals surface area contributed by atoms with E-state index in [2.05, 4.69) is 62.4 Å². The minimum Gasteiger partial charge on any atom is -0.361 e. The molecular weight excluding hydrogens is 296 g/mol. The van der Waals surface area contributed by atoms with Crippen molar-refractivity contribution < 1.29 is 0 Å². The maximum atomic E-state index is 4.46. The molecule has 0 radical (unpaired) electrons. The van der Waals surface area contributed by atoms with E-state index >= 15 is 0 Å². The number of fused-ring (bicyclic) bond motifs is 1. The Kier molecular flexibility index (Phi) is 4.47. The van der Waals surface area contributed by atoms with Crippen LogP contribution in [0.3, 0.4) is 0 Å². The van der Waals surface area contributed by atoms with Gasteiger partial charge in [-0.2, -0.15) is 0 Å². The van der Waals surface area contributed by atoms with E-state index in [1.807, 2.05) is 12.3 Å². The van der Waals surface area contributed by atoms with Gasteiger partial charge in [0.25, 0.3) is 0 Å². The molecule has 4 rings (SSSR count). The zero-order valence-corrected chi connectivity index (χ0v) is 14.0. The third-order valence-corrected chi connectivity index (χ3v) is 4.94. The van der Waals surface area contributed by atoms with E-state index in [1.54, 1.807) is 0 Å². The highest BCUT2D eigenvalue weighted by atomic mass is 15.3. The summed E-state index contributed by atoms with van der Waals surface area (Å²) in [6, 6.07) is 14.7. The summed E-state index contributed by atoms with van der Waals surface area (Å²) in [7, 11) is 0. The molecule has 2 aromatic heterocycles. The molecule has 124 valence electrons. The van der Waals surface area contributed by atoms with Crippen LogP contribution in [0.4, 0.5) is 5.82 Å². The van der Waals surface area contributed by atoms with Crippen LogP contribution < -0.4 is 4.90 Å². The second-order valence-corrected chi connectivity index (χ2v) is 6.48. The molecule has 4 nitrogen and oxygen atoms in total. The minimum absolute atomic E-state index is 1.07. The Labute approximate surface area is 143 Å². The first-order valence-electron chi connectivity index (χ1n) is 8.83. The van der Waals surface area contributed by atoms with Gasteiger partial charge in [0.2, 0.25) is 0 Å². The predicted molar refractivity (Wildman–Crippen MR) is 99.5 cm³/mol. The van der Waals surface area contributed by atoms with Crippen molar-refractivity contribution in [1.82, 2.24) is 14.9 Å². The number of hydrogen-bond acceptors (Lipinski definition) is 3. The second kappa shape index (κ2) is 7.05. The molecule has 0 saturated carbocycles. The molecule has 1 saturated heterocycles. The summed E-state index contributed by atoms with van der Waals surface area (Å²) in [4.78, 5) is 12.8. The van der Waals surface area contributed by atoms with Gasteiger partial charge in [0, 0.05) is 49.5 Å². The summed E-state index contributed by atoms with van der Waals surface area (Å²) in [5, 5.41) is 1.37. The van der Waals surface area contributed by atoms with Crippen LogP contribution in [0.15, 0.2) is 54.9 Å². The first-order valence-corrected chi connectivity index (χ1v) is 8.83. The number of nitrogens with one attached hydrogen (secondary N) is 1. The van der Waals surface area contributed by atoms with Gasteiger partial charge in [-0.25, -0.2) is 4.98 Å². The second-order valence-electron chi connectivity index (χ2n) is 6.48. The summed E-state index contributed by atoms with van der Waals surface area (Å²) in [5.74, 6) is 1.11. The van der Waals surface area contributed by atoms with Gasteiger partial charge in [-0.1, -0.05) is 24.3 Å². The zero-order valence-electron chi connectivity index (χ0n) is 14.0. The number of rotatable bonds is 5. The van der Waals surface area contributed by atoms with Crippen LogP contribution in [0.5, 0.6) is 0 Å². The van der Waals surface area contributed by atoms with Crippen molar-refractivity contribution in [1.29, 1.82) is 0 Å². The molecule has 1 fully saturated rings. The zero-order chi connectivity index (χ0) is 16.2. The Bertz CT molecular complexity index is 772. The molecule has 3 aromatic rings. The number of anilines is 1. The topological polar surface area (TPSA) is 35.2 Å². The van der Waals surface area contributed by atoms with Gasteiger partial charge in [0.15, 0.2) is 0 Å². The molecule has 24 heavy (non-hydrogen) atoms. The van der Waals surface area contributed by atoms with E-state index in [1.165, 1.54) is 29.4 Å². The number of nitrogens with zero attached hydrogens (tertiary/aromatic N) is 3. The first kappa shape index (κ1) is 15.2. The van der Waals surface area contributed by atoms with Gasteiger partial charge in [-0.05, 0) is 43.1 Å². The monoisotopic (exact) mass is 320 g/mol. The maximum Gasteiger partial charge on any atom is 0.128 e. The Hall–Kier alpha value is -2.33. The van der Waals surface area contributed by atoms with Crippen LogP contribution in [0, 0.1) is 0 Å². The Morgan fingerprint density at radius 1 is 0.958 bits per heavy atom. The van der Waals surface area contributed by atoms with Crippen molar-refractivity contribution in [3.05, 3.63) is 60.4 Å². The highest BCUT2D eigenvalue weighted by Crippen LogP contribution is 2.19. The van der Waals surface area contributed by atoms with Crippen molar-refractivity contribution in [2.24, 2.45) is 0 Å². The molecule has 3 heterocycles. The largest absolute Gasteiger partial charge is 0.361 e. The van der Waals surface area contributed by atoms with E-state index in [4.69, 9.17) is 0 Å². The Morgan fingerprint density at radius 2 is 1.79 bits per heavy atom. The van der Waals surface area contributed by atoms with E-state index in [-0.39, 0.29) is 0 Å². The van der Waals surface area contributed by atoms with Crippen molar-refractivity contribution in [3.63, 3.8) is 0 Å². The smallest absolute Gasteiger partial charge is 0.128 e. The molecule has 1 aliphatic rings. The van der Waals surface area contributed by atoms with E-state index in [0.717, 1.165) is 38.4 Å². The van der Waals surface area contributed by atoms with Gasteiger partial charge >= 0.3 is 0 Å². The number of hydrogen-bond donors (Lipinski definition) is 1. The molecule has 1 N–H and O–H groups in total. The SMILES string of the molecule is c1ccc(N2CCN(CCCc3c[nH]c4ccccc34)CC2)nc1. The van der Waals surface area contributed by atoms with Crippen molar-refractivity contribution in [3.8, 4) is 0 Å². The van der Waals surface area contributed by atoms with Gasteiger partial charge in [0.05, 0.1) is 0 Å². The van der Waals surface area contributed by atoms with E-state index in [0.29, 0.717) is 0 Å². The summed E-state index contributed by atoms with van der Waals surface area (Å²) in [6.45, 7) is 5.58.